The summed E-state index contributed by atoms with van der Waals surface area (Å²) in [6.45, 7) is 16.4. The SMILES string of the molecule is COCCOCCOCCOCCN1CC(C)CC2OC3(CCC4C(=C(C)C3)CC3C4CCC4=CC(O)CCC43C)C(C)C21. The second kappa shape index (κ2) is 14.1. The summed E-state index contributed by atoms with van der Waals surface area (Å²) in [5.74, 6) is 3.44. The van der Waals surface area contributed by atoms with Gasteiger partial charge in [0.15, 0.2) is 0 Å². The summed E-state index contributed by atoms with van der Waals surface area (Å²) in [6, 6.07) is 0.480. The van der Waals surface area contributed by atoms with E-state index in [4.69, 9.17) is 23.7 Å². The maximum absolute atomic E-state index is 10.4. The fourth-order valence-corrected chi connectivity index (χ4v) is 10.8. The van der Waals surface area contributed by atoms with Gasteiger partial charge in [0.25, 0.3) is 0 Å². The molecule has 0 aromatic heterocycles. The quantitative estimate of drug-likeness (QED) is 0.220. The summed E-state index contributed by atoms with van der Waals surface area (Å²) in [5, 5.41) is 10.4. The Balaban J connectivity index is 1.05. The van der Waals surface area contributed by atoms with Crippen molar-refractivity contribution in [3.8, 4) is 0 Å². The molecule has 7 heteroatoms. The molecule has 0 bridgehead atoms. The molecule has 2 aliphatic heterocycles. The number of rotatable bonds is 12. The van der Waals surface area contributed by atoms with Gasteiger partial charge < -0.3 is 28.8 Å². The van der Waals surface area contributed by atoms with Crippen LogP contribution in [0.3, 0.4) is 0 Å². The highest BCUT2D eigenvalue weighted by atomic mass is 16.6. The largest absolute Gasteiger partial charge is 0.389 e. The molecule has 10 unspecified atom stereocenters. The standard InChI is InChI=1S/C37H61NO6/c1-25-20-34-35(38(24-25)12-13-41-16-17-43-19-18-42-15-14-40-5)27(3)37(44-34)11-9-30-31-7-6-28-21-29(39)8-10-36(28,4)33(31)22-32(30)26(2)23-37/h21,25,27,29-31,33-35,39H,6-20,22-24H2,1-5H3. The van der Waals surface area contributed by atoms with Gasteiger partial charge in [-0.2, -0.15) is 0 Å². The molecule has 0 amide bonds. The molecule has 2 saturated carbocycles. The van der Waals surface area contributed by atoms with Crippen molar-refractivity contribution in [3.05, 3.63) is 22.8 Å². The predicted molar refractivity (Wildman–Crippen MR) is 173 cm³/mol. The van der Waals surface area contributed by atoms with E-state index in [0.29, 0.717) is 63.6 Å². The van der Waals surface area contributed by atoms with E-state index in [1.54, 1.807) is 23.8 Å². The van der Waals surface area contributed by atoms with Gasteiger partial charge in [-0.15, -0.1) is 0 Å². The Morgan fingerprint density at radius 2 is 1.70 bits per heavy atom. The summed E-state index contributed by atoms with van der Waals surface area (Å²) in [6.07, 6.45) is 12.9. The van der Waals surface area contributed by atoms with Gasteiger partial charge in [0.1, 0.15) is 0 Å². The molecule has 44 heavy (non-hydrogen) atoms. The molecular weight excluding hydrogens is 554 g/mol. The molecule has 2 saturated heterocycles. The van der Waals surface area contributed by atoms with Gasteiger partial charge in [0, 0.05) is 32.2 Å². The van der Waals surface area contributed by atoms with Gasteiger partial charge in [-0.05, 0) is 93.8 Å². The lowest BCUT2D eigenvalue weighted by Crippen LogP contribution is -2.52. The van der Waals surface area contributed by atoms with Gasteiger partial charge in [0.2, 0.25) is 0 Å². The van der Waals surface area contributed by atoms with E-state index in [0.717, 1.165) is 56.7 Å². The highest BCUT2D eigenvalue weighted by molar-refractivity contribution is 5.33. The zero-order valence-electron chi connectivity index (χ0n) is 28.4. The zero-order valence-corrected chi connectivity index (χ0v) is 28.4. The minimum atomic E-state index is -0.225. The van der Waals surface area contributed by atoms with Crippen molar-refractivity contribution < 1.29 is 28.8 Å². The fraction of sp³-hybridized carbons (Fsp3) is 0.892. The summed E-state index contributed by atoms with van der Waals surface area (Å²) < 4.78 is 29.4. The highest BCUT2D eigenvalue weighted by Gasteiger charge is 2.59. The zero-order chi connectivity index (χ0) is 30.9. The number of aliphatic hydroxyl groups excluding tert-OH is 1. The van der Waals surface area contributed by atoms with Crippen molar-refractivity contribution >= 4 is 0 Å². The Labute approximate surface area is 267 Å². The number of methoxy groups -OCH3 is 1. The molecule has 0 aromatic rings. The molecule has 7 nitrogen and oxygen atoms in total. The van der Waals surface area contributed by atoms with Gasteiger partial charge in [-0.25, -0.2) is 0 Å². The normalized spacial score (nSPS) is 42.1. The van der Waals surface area contributed by atoms with E-state index < -0.39 is 0 Å². The second-order valence-electron chi connectivity index (χ2n) is 15.5. The van der Waals surface area contributed by atoms with E-state index in [1.165, 1.54) is 38.5 Å². The molecule has 6 rings (SSSR count). The lowest BCUT2D eigenvalue weighted by atomic mass is 9.56. The Bertz CT molecular complexity index is 1050. The smallest absolute Gasteiger partial charge is 0.0765 e. The van der Waals surface area contributed by atoms with Gasteiger partial charge in [-0.1, -0.05) is 43.6 Å². The van der Waals surface area contributed by atoms with Gasteiger partial charge in [0.05, 0.1) is 64.1 Å². The fourth-order valence-electron chi connectivity index (χ4n) is 10.8. The van der Waals surface area contributed by atoms with Crippen molar-refractivity contribution in [1.82, 2.24) is 4.90 Å². The summed E-state index contributed by atoms with van der Waals surface area (Å²) >= 11 is 0. The molecule has 10 atom stereocenters. The lowest BCUT2D eigenvalue weighted by molar-refractivity contribution is -0.0807. The maximum atomic E-state index is 10.4. The molecule has 1 spiro atoms. The van der Waals surface area contributed by atoms with Crippen molar-refractivity contribution in [2.24, 2.45) is 35.0 Å². The van der Waals surface area contributed by atoms with Gasteiger partial charge in [-0.3, -0.25) is 4.90 Å². The van der Waals surface area contributed by atoms with Gasteiger partial charge >= 0.3 is 0 Å². The van der Waals surface area contributed by atoms with Crippen LogP contribution < -0.4 is 0 Å². The number of ether oxygens (including phenoxy) is 5. The molecule has 4 fully saturated rings. The molecular formula is C37H61NO6. The van der Waals surface area contributed by atoms with Crippen LogP contribution in [-0.4, -0.2) is 100 Å². The number of nitrogens with zero attached hydrogens (tertiary/aromatic N) is 1. The van der Waals surface area contributed by atoms with Crippen LogP contribution >= 0.6 is 0 Å². The number of aliphatic hydroxyl groups is 1. The second-order valence-corrected chi connectivity index (χ2v) is 15.5. The first-order valence-electron chi connectivity index (χ1n) is 18.0. The molecule has 0 radical (unpaired) electrons. The van der Waals surface area contributed by atoms with E-state index in [2.05, 4.69) is 38.7 Å². The average Bonchev–Trinajstić information content (AvgIpc) is 3.46. The molecule has 250 valence electrons. The van der Waals surface area contributed by atoms with Crippen LogP contribution in [0.1, 0.15) is 85.5 Å². The first-order chi connectivity index (χ1) is 21.3. The van der Waals surface area contributed by atoms with Crippen LogP contribution in [0, 0.1) is 35.0 Å². The first kappa shape index (κ1) is 33.1. The third kappa shape index (κ3) is 6.50. The number of likely N-dealkylation sites (tertiary alicyclic amines) is 1. The lowest BCUT2D eigenvalue weighted by Gasteiger charge is -2.49. The van der Waals surface area contributed by atoms with E-state index >= 15 is 0 Å². The first-order valence-corrected chi connectivity index (χ1v) is 18.0. The summed E-state index contributed by atoms with van der Waals surface area (Å²) in [5.41, 5.74) is 5.25. The van der Waals surface area contributed by atoms with Crippen LogP contribution in [0.2, 0.25) is 0 Å². The van der Waals surface area contributed by atoms with Crippen LogP contribution in [-0.2, 0) is 23.7 Å². The van der Waals surface area contributed by atoms with Crippen LogP contribution in [0.4, 0.5) is 0 Å². The van der Waals surface area contributed by atoms with Crippen LogP contribution in [0.15, 0.2) is 22.8 Å². The number of hydrogen-bond acceptors (Lipinski definition) is 7. The monoisotopic (exact) mass is 615 g/mol. The van der Waals surface area contributed by atoms with Crippen LogP contribution in [0.5, 0.6) is 0 Å². The third-order valence-corrected chi connectivity index (χ3v) is 13.0. The maximum Gasteiger partial charge on any atom is 0.0765 e. The van der Waals surface area contributed by atoms with Crippen molar-refractivity contribution in [1.29, 1.82) is 0 Å². The number of allylic oxidation sites excluding steroid dienone is 2. The number of hydrogen-bond donors (Lipinski definition) is 1. The van der Waals surface area contributed by atoms with Crippen molar-refractivity contribution in [2.45, 2.75) is 109 Å². The van der Waals surface area contributed by atoms with Crippen molar-refractivity contribution in [3.63, 3.8) is 0 Å². The van der Waals surface area contributed by atoms with E-state index in [9.17, 15) is 5.11 Å². The number of fused-ring (bicyclic) bond motifs is 6. The molecule has 4 aliphatic carbocycles. The van der Waals surface area contributed by atoms with Crippen LogP contribution in [0.25, 0.3) is 0 Å². The Hall–Kier alpha value is -0.800. The minimum absolute atomic E-state index is 0.0346. The summed E-state index contributed by atoms with van der Waals surface area (Å²) in [4.78, 5) is 2.71. The predicted octanol–water partition coefficient (Wildman–Crippen LogP) is 5.80. The van der Waals surface area contributed by atoms with E-state index in [1.807, 2.05) is 0 Å². The average molecular weight is 616 g/mol. The van der Waals surface area contributed by atoms with E-state index in [-0.39, 0.29) is 17.1 Å². The molecule has 6 aliphatic rings. The number of piperidine rings is 1. The third-order valence-electron chi connectivity index (χ3n) is 13.0. The van der Waals surface area contributed by atoms with Crippen molar-refractivity contribution in [2.75, 3.05) is 66.4 Å². The minimum Gasteiger partial charge on any atom is -0.389 e. The molecule has 1 N–H and O–H groups in total. The Kier molecular flexibility index (Phi) is 10.6. The Morgan fingerprint density at radius 3 is 2.45 bits per heavy atom. The highest BCUT2D eigenvalue weighted by Crippen LogP contribution is 2.64. The topological polar surface area (TPSA) is 69.6 Å². The Morgan fingerprint density at radius 1 is 0.977 bits per heavy atom. The molecule has 2 heterocycles. The summed E-state index contributed by atoms with van der Waals surface area (Å²) in [7, 11) is 1.68. The molecule has 0 aromatic carbocycles.